The van der Waals surface area contributed by atoms with Crippen LogP contribution in [-0.2, 0) is 6.54 Å². The molecule has 0 amide bonds. The van der Waals surface area contributed by atoms with Gasteiger partial charge >= 0.3 is 0 Å². The molecular weight excluding hydrogens is 232 g/mol. The molecule has 19 heavy (non-hydrogen) atoms. The number of hydrogen-bond donors (Lipinski definition) is 0. The van der Waals surface area contributed by atoms with E-state index in [0.29, 0.717) is 0 Å². The van der Waals surface area contributed by atoms with Crippen LogP contribution in [0, 0.1) is 18.8 Å². The van der Waals surface area contributed by atoms with Crippen molar-refractivity contribution < 1.29 is 0 Å². The smallest absolute Gasteiger partial charge is 0.0462 e. The molecule has 1 aromatic rings. The van der Waals surface area contributed by atoms with Crippen molar-refractivity contribution in [2.75, 3.05) is 0 Å². The van der Waals surface area contributed by atoms with Crippen molar-refractivity contribution in [1.82, 2.24) is 4.57 Å². The van der Waals surface area contributed by atoms with Crippen molar-refractivity contribution in [2.45, 2.75) is 78.2 Å². The number of unbranched alkanes of at least 4 members (excludes halogenated alkanes) is 8. The highest BCUT2D eigenvalue weighted by molar-refractivity contribution is 5.03. The molecule has 108 valence electrons. The van der Waals surface area contributed by atoms with Crippen LogP contribution in [-0.4, -0.2) is 4.57 Å². The van der Waals surface area contributed by atoms with Crippen molar-refractivity contribution in [3.8, 4) is 6.57 Å². The maximum absolute atomic E-state index is 6.50. The molecule has 0 aliphatic heterocycles. The van der Waals surface area contributed by atoms with Crippen LogP contribution < -0.4 is 0 Å². The van der Waals surface area contributed by atoms with Crippen molar-refractivity contribution in [3.05, 3.63) is 24.0 Å². The Kier molecular flexibility index (Phi) is 12.4. The van der Waals surface area contributed by atoms with Gasteiger partial charge in [0.2, 0.25) is 0 Å². The summed E-state index contributed by atoms with van der Waals surface area (Å²) < 4.78 is 2.36. The van der Waals surface area contributed by atoms with Crippen LogP contribution in [0.15, 0.2) is 18.3 Å². The molecule has 0 aliphatic rings. The van der Waals surface area contributed by atoms with E-state index in [1.54, 1.807) is 0 Å². The van der Waals surface area contributed by atoms with Crippen LogP contribution in [0.2, 0.25) is 0 Å². The molecule has 1 rings (SSSR count). The summed E-state index contributed by atoms with van der Waals surface area (Å²) in [6.07, 6.45) is 14.9. The highest BCUT2D eigenvalue weighted by atomic mass is 14.9. The monoisotopic (exact) mass is 262 g/mol. The first-order valence-electron chi connectivity index (χ1n) is 7.72. The van der Waals surface area contributed by atoms with Crippen LogP contribution in [0.4, 0.5) is 0 Å². The summed E-state index contributed by atoms with van der Waals surface area (Å²) in [6.45, 7) is 9.17. The molecule has 0 bridgehead atoms. The molecule has 0 saturated carbocycles. The van der Waals surface area contributed by atoms with Gasteiger partial charge in [-0.1, -0.05) is 58.3 Å². The van der Waals surface area contributed by atoms with E-state index in [0.717, 1.165) is 0 Å². The minimum absolute atomic E-state index is 1.20. The largest absolute Gasteiger partial charge is 0.352 e. The van der Waals surface area contributed by atoms with Crippen LogP contribution >= 0.6 is 0 Å². The first-order chi connectivity index (χ1) is 9.34. The number of hydrogen-bond acceptors (Lipinski definition) is 1. The van der Waals surface area contributed by atoms with E-state index in [-0.39, 0.29) is 0 Å². The van der Waals surface area contributed by atoms with E-state index in [9.17, 15) is 0 Å². The fraction of sp³-hybridized carbons (Fsp3) is 0.706. The van der Waals surface area contributed by atoms with Crippen LogP contribution in [0.5, 0.6) is 0 Å². The normalized spacial score (nSPS) is 9.89. The van der Waals surface area contributed by atoms with Crippen LogP contribution in [0.1, 0.15) is 70.4 Å². The zero-order chi connectivity index (χ0) is 14.3. The molecule has 0 spiro atoms. The number of nitrogens with zero attached hydrogens (tertiary/aromatic N) is 2. The average Bonchev–Trinajstić information content (AvgIpc) is 2.85. The van der Waals surface area contributed by atoms with Gasteiger partial charge in [-0.05, 0) is 25.5 Å². The van der Waals surface area contributed by atoms with E-state index < -0.39 is 0 Å². The van der Waals surface area contributed by atoms with Gasteiger partial charge in [-0.15, -0.1) is 0 Å². The minimum Gasteiger partial charge on any atom is -0.352 e. The minimum atomic E-state index is 1.20. The molecule has 0 aliphatic carbocycles. The molecule has 1 aromatic heterocycles. The van der Waals surface area contributed by atoms with Gasteiger partial charge in [0.15, 0.2) is 0 Å². The van der Waals surface area contributed by atoms with Crippen LogP contribution in [0.25, 0.3) is 0 Å². The summed E-state index contributed by atoms with van der Waals surface area (Å²) in [4.78, 5) is 0. The van der Waals surface area contributed by atoms with Gasteiger partial charge in [-0.25, -0.2) is 5.26 Å². The molecule has 0 fully saturated rings. The zero-order valence-electron chi connectivity index (χ0n) is 12.8. The average molecular weight is 262 g/mol. The number of rotatable bonds is 10. The summed E-state index contributed by atoms with van der Waals surface area (Å²) >= 11 is 0. The van der Waals surface area contributed by atoms with Gasteiger partial charge in [0.05, 0.1) is 0 Å². The zero-order valence-corrected chi connectivity index (χ0v) is 12.8. The first kappa shape index (κ1) is 17.8. The molecule has 1 heterocycles. The second-order valence-corrected chi connectivity index (χ2v) is 5.17. The van der Waals surface area contributed by atoms with E-state index in [4.69, 9.17) is 5.26 Å². The van der Waals surface area contributed by atoms with Gasteiger partial charge in [-0.2, -0.15) is 0 Å². The van der Waals surface area contributed by atoms with Crippen molar-refractivity contribution >= 4 is 0 Å². The Morgan fingerprint density at radius 1 is 0.947 bits per heavy atom. The number of aryl methyl sites for hydroxylation is 2. The molecule has 0 unspecified atom stereocenters. The molecular formula is C17H30N2. The maximum Gasteiger partial charge on any atom is 0.0462 e. The van der Waals surface area contributed by atoms with E-state index >= 15 is 0 Å². The molecule has 0 saturated heterocycles. The van der Waals surface area contributed by atoms with Gasteiger partial charge < -0.3 is 4.57 Å². The summed E-state index contributed by atoms with van der Waals surface area (Å²) in [7, 11) is 0. The second-order valence-electron chi connectivity index (χ2n) is 5.17. The predicted octanol–water partition coefficient (Wildman–Crippen LogP) is 5.47. The summed E-state index contributed by atoms with van der Waals surface area (Å²) in [5.41, 5.74) is 1.39. The third kappa shape index (κ3) is 9.36. The standard InChI is InChI=1S/C16H29N.CHN/c1-3-4-5-6-7-8-9-10-11-14-17-15-12-13-16(17)2;1-2/h12-13,15H,3-11,14H2,1-2H3;1H. The van der Waals surface area contributed by atoms with Gasteiger partial charge in [0.1, 0.15) is 0 Å². The lowest BCUT2D eigenvalue weighted by Gasteiger charge is -2.06. The molecule has 0 radical (unpaired) electrons. The fourth-order valence-electron chi connectivity index (χ4n) is 2.34. The Morgan fingerprint density at radius 3 is 1.95 bits per heavy atom. The molecule has 2 nitrogen and oxygen atoms in total. The van der Waals surface area contributed by atoms with Crippen molar-refractivity contribution in [2.24, 2.45) is 0 Å². The Morgan fingerprint density at radius 2 is 1.47 bits per heavy atom. The van der Waals surface area contributed by atoms with E-state index in [1.165, 1.54) is 70.0 Å². The highest BCUT2D eigenvalue weighted by Gasteiger charge is 1.95. The van der Waals surface area contributed by atoms with Gasteiger partial charge in [0.25, 0.3) is 0 Å². The van der Waals surface area contributed by atoms with Crippen molar-refractivity contribution in [3.63, 3.8) is 0 Å². The van der Waals surface area contributed by atoms with Gasteiger partial charge in [0, 0.05) is 25.0 Å². The fourth-order valence-corrected chi connectivity index (χ4v) is 2.34. The Balaban J connectivity index is 0.00000154. The van der Waals surface area contributed by atoms with Crippen LogP contribution in [0.3, 0.4) is 0 Å². The molecule has 2 heteroatoms. The quantitative estimate of drug-likeness (QED) is 0.514. The summed E-state index contributed by atoms with van der Waals surface area (Å²) in [5.74, 6) is 0. The van der Waals surface area contributed by atoms with E-state index in [2.05, 4.69) is 43.3 Å². The highest BCUT2D eigenvalue weighted by Crippen LogP contribution is 2.10. The summed E-state index contributed by atoms with van der Waals surface area (Å²) in [5, 5.41) is 6.50. The lowest BCUT2D eigenvalue weighted by molar-refractivity contribution is 0.536. The molecule has 0 N–H and O–H groups in total. The third-order valence-electron chi connectivity index (χ3n) is 3.56. The SMILES string of the molecule is C#N.CCCCCCCCCCCn1cccc1C. The lowest BCUT2D eigenvalue weighted by atomic mass is 10.1. The number of aromatic nitrogens is 1. The Hall–Kier alpha value is -1.23. The molecule has 0 aromatic carbocycles. The predicted molar refractivity (Wildman–Crippen MR) is 83.1 cm³/mol. The second kappa shape index (κ2) is 13.2. The Bertz CT molecular complexity index is 312. The summed E-state index contributed by atoms with van der Waals surface area (Å²) in [6, 6.07) is 4.33. The number of nitriles is 1. The first-order valence-corrected chi connectivity index (χ1v) is 7.72. The van der Waals surface area contributed by atoms with Gasteiger partial charge in [-0.3, -0.25) is 0 Å². The maximum atomic E-state index is 6.50. The van der Waals surface area contributed by atoms with Crippen molar-refractivity contribution in [1.29, 1.82) is 5.26 Å². The lowest BCUT2D eigenvalue weighted by Crippen LogP contribution is -1.97. The van der Waals surface area contributed by atoms with E-state index in [1.807, 2.05) is 0 Å². The topological polar surface area (TPSA) is 28.7 Å². The Labute approximate surface area is 119 Å². The molecule has 0 atom stereocenters. The third-order valence-corrected chi connectivity index (χ3v) is 3.56.